The predicted octanol–water partition coefficient (Wildman–Crippen LogP) is 1.56. The number of hydrogen-bond acceptors (Lipinski definition) is 1. The van der Waals surface area contributed by atoms with Gasteiger partial charge in [0.15, 0.2) is 0 Å². The molecule has 1 aliphatic heterocycles. The van der Waals surface area contributed by atoms with Crippen LogP contribution in [0, 0.1) is 0 Å². The molecule has 0 saturated carbocycles. The van der Waals surface area contributed by atoms with E-state index in [1.165, 1.54) is 5.56 Å². The number of hydrogen-bond donors (Lipinski definition) is 0. The van der Waals surface area contributed by atoms with Gasteiger partial charge in [0.25, 0.3) is 0 Å². The molecule has 0 bridgehead atoms. The van der Waals surface area contributed by atoms with E-state index in [2.05, 4.69) is 11.1 Å². The van der Waals surface area contributed by atoms with Crippen LogP contribution in [0.4, 0.5) is 5.69 Å². The van der Waals surface area contributed by atoms with Gasteiger partial charge in [-0.05, 0) is 11.6 Å². The third-order valence-electron chi connectivity index (χ3n) is 1.53. The topological polar surface area (TPSA) is 12.4 Å². The molecular formula is C8H7NNa. The number of benzene rings is 1. The number of nitrogens with zero attached hydrogens (tertiary/aromatic N) is 1. The standard InChI is InChI=1S/C8H7N.Na/c1-2-4-8-7(3-1)5-6-9-8;/h1-4,6H,5H2;. The van der Waals surface area contributed by atoms with Crippen LogP contribution in [0.1, 0.15) is 5.56 Å². The van der Waals surface area contributed by atoms with Crippen molar-refractivity contribution in [3.63, 3.8) is 0 Å². The Labute approximate surface area is 82.5 Å². The second-order valence-corrected chi connectivity index (χ2v) is 2.14. The number of aliphatic imine (C=N–C) groups is 1. The van der Waals surface area contributed by atoms with Crippen LogP contribution in [0.3, 0.4) is 0 Å². The second kappa shape index (κ2) is 3.33. The van der Waals surface area contributed by atoms with E-state index in [1.807, 2.05) is 24.4 Å². The molecule has 0 atom stereocenters. The first-order valence-corrected chi connectivity index (χ1v) is 3.07. The van der Waals surface area contributed by atoms with Crippen molar-refractivity contribution in [2.75, 3.05) is 0 Å². The molecule has 0 aliphatic carbocycles. The quantitative estimate of drug-likeness (QED) is 0.485. The molecule has 0 N–H and O–H groups in total. The summed E-state index contributed by atoms with van der Waals surface area (Å²) < 4.78 is 0. The van der Waals surface area contributed by atoms with E-state index in [-0.39, 0.29) is 29.6 Å². The Hall–Kier alpha value is -0.110. The molecule has 0 aromatic heterocycles. The summed E-state index contributed by atoms with van der Waals surface area (Å²) in [5.41, 5.74) is 2.48. The molecule has 2 heteroatoms. The SMILES string of the molecule is C1=Nc2ccccc2C1.[Na]. The van der Waals surface area contributed by atoms with Gasteiger partial charge in [0.05, 0.1) is 5.69 Å². The van der Waals surface area contributed by atoms with Gasteiger partial charge in [-0.15, -0.1) is 0 Å². The molecule has 1 nitrogen and oxygen atoms in total. The average molecular weight is 140 g/mol. The molecule has 0 spiro atoms. The van der Waals surface area contributed by atoms with Crippen molar-refractivity contribution < 1.29 is 0 Å². The van der Waals surface area contributed by atoms with Crippen molar-refractivity contribution in [1.29, 1.82) is 0 Å². The van der Waals surface area contributed by atoms with Crippen LogP contribution in [-0.2, 0) is 6.42 Å². The fourth-order valence-electron chi connectivity index (χ4n) is 1.05. The Kier molecular flexibility index (Phi) is 2.66. The van der Waals surface area contributed by atoms with Gasteiger partial charge >= 0.3 is 0 Å². The van der Waals surface area contributed by atoms with Crippen molar-refractivity contribution in [1.82, 2.24) is 0 Å². The van der Waals surface area contributed by atoms with Crippen LogP contribution < -0.4 is 0 Å². The van der Waals surface area contributed by atoms with Gasteiger partial charge in [0.2, 0.25) is 0 Å². The minimum atomic E-state index is 0. The summed E-state index contributed by atoms with van der Waals surface area (Å²) in [6.45, 7) is 0. The molecule has 1 heterocycles. The first kappa shape index (κ1) is 7.99. The van der Waals surface area contributed by atoms with E-state index in [1.54, 1.807) is 0 Å². The summed E-state index contributed by atoms with van der Waals surface area (Å²) in [7, 11) is 0. The molecule has 1 aromatic rings. The molecule has 1 aliphatic rings. The zero-order chi connectivity index (χ0) is 6.10. The molecule has 2 rings (SSSR count). The van der Waals surface area contributed by atoms with Crippen LogP contribution >= 0.6 is 0 Å². The Balaban J connectivity index is 0.000000500. The summed E-state index contributed by atoms with van der Waals surface area (Å²) in [6.07, 6.45) is 2.96. The molecule has 45 valence electrons. The predicted molar refractivity (Wildman–Crippen MR) is 44.1 cm³/mol. The zero-order valence-electron chi connectivity index (χ0n) is 6.04. The monoisotopic (exact) mass is 140 g/mol. The number of rotatable bonds is 0. The minimum absolute atomic E-state index is 0. The van der Waals surface area contributed by atoms with Gasteiger partial charge in [0.1, 0.15) is 0 Å². The van der Waals surface area contributed by atoms with Gasteiger partial charge < -0.3 is 0 Å². The fourth-order valence-corrected chi connectivity index (χ4v) is 1.05. The van der Waals surface area contributed by atoms with Gasteiger partial charge in [-0.25, -0.2) is 0 Å². The summed E-state index contributed by atoms with van der Waals surface area (Å²) in [5.74, 6) is 0. The maximum atomic E-state index is 4.17. The van der Waals surface area contributed by atoms with Crippen molar-refractivity contribution >= 4 is 41.5 Å². The molecule has 0 unspecified atom stereocenters. The summed E-state index contributed by atoms with van der Waals surface area (Å²) in [4.78, 5) is 4.17. The van der Waals surface area contributed by atoms with Crippen LogP contribution in [0.2, 0.25) is 0 Å². The molecule has 0 fully saturated rings. The van der Waals surface area contributed by atoms with E-state index in [0.717, 1.165) is 12.1 Å². The van der Waals surface area contributed by atoms with Gasteiger partial charge in [-0.1, -0.05) is 18.2 Å². The summed E-state index contributed by atoms with van der Waals surface area (Å²) >= 11 is 0. The van der Waals surface area contributed by atoms with E-state index < -0.39 is 0 Å². The van der Waals surface area contributed by atoms with Crippen molar-refractivity contribution in [2.24, 2.45) is 4.99 Å². The van der Waals surface area contributed by atoms with Crippen LogP contribution in [-0.4, -0.2) is 35.8 Å². The third-order valence-corrected chi connectivity index (χ3v) is 1.53. The first-order chi connectivity index (χ1) is 4.47. The van der Waals surface area contributed by atoms with E-state index in [0.29, 0.717) is 0 Å². The number of para-hydroxylation sites is 1. The van der Waals surface area contributed by atoms with Crippen LogP contribution in [0.5, 0.6) is 0 Å². The van der Waals surface area contributed by atoms with E-state index in [9.17, 15) is 0 Å². The van der Waals surface area contributed by atoms with Gasteiger partial charge in [-0.3, -0.25) is 4.99 Å². The van der Waals surface area contributed by atoms with Crippen LogP contribution in [0.15, 0.2) is 29.3 Å². The Morgan fingerprint density at radius 3 is 2.80 bits per heavy atom. The molecule has 1 aromatic carbocycles. The maximum absolute atomic E-state index is 4.17. The number of fused-ring (bicyclic) bond motifs is 1. The maximum Gasteiger partial charge on any atom is 0.0661 e. The summed E-state index contributed by atoms with van der Waals surface area (Å²) in [6, 6.07) is 8.22. The zero-order valence-corrected chi connectivity index (χ0v) is 8.04. The Morgan fingerprint density at radius 2 is 2.00 bits per heavy atom. The van der Waals surface area contributed by atoms with Crippen molar-refractivity contribution in [3.8, 4) is 0 Å². The van der Waals surface area contributed by atoms with E-state index in [4.69, 9.17) is 0 Å². The Morgan fingerprint density at radius 1 is 1.20 bits per heavy atom. The normalized spacial score (nSPS) is 12.4. The third kappa shape index (κ3) is 1.31. The minimum Gasteiger partial charge on any atom is -0.261 e. The first-order valence-electron chi connectivity index (χ1n) is 3.07. The van der Waals surface area contributed by atoms with Crippen molar-refractivity contribution in [3.05, 3.63) is 29.8 Å². The van der Waals surface area contributed by atoms with Gasteiger partial charge in [0, 0.05) is 42.2 Å². The molecule has 10 heavy (non-hydrogen) atoms. The molecule has 0 saturated heterocycles. The molecule has 1 radical (unpaired) electrons. The van der Waals surface area contributed by atoms with Crippen molar-refractivity contribution in [2.45, 2.75) is 6.42 Å². The summed E-state index contributed by atoms with van der Waals surface area (Å²) in [5, 5.41) is 0. The molecular weight excluding hydrogens is 133 g/mol. The fraction of sp³-hybridized carbons (Fsp3) is 0.125. The Bertz CT molecular complexity index is 255. The second-order valence-electron chi connectivity index (χ2n) is 2.14. The smallest absolute Gasteiger partial charge is 0.0661 e. The largest absolute Gasteiger partial charge is 0.261 e. The van der Waals surface area contributed by atoms with Gasteiger partial charge in [-0.2, -0.15) is 0 Å². The average Bonchev–Trinajstić information content (AvgIpc) is 2.33. The van der Waals surface area contributed by atoms with E-state index >= 15 is 0 Å². The molecule has 0 amide bonds. The van der Waals surface area contributed by atoms with Crippen LogP contribution in [0.25, 0.3) is 0 Å².